The molecule has 0 aromatic rings. The molecule has 1 rings (SSSR count). The highest BCUT2D eigenvalue weighted by molar-refractivity contribution is 6.58. The van der Waals surface area contributed by atoms with Crippen molar-refractivity contribution in [2.75, 3.05) is 32.8 Å². The van der Waals surface area contributed by atoms with E-state index in [0.29, 0.717) is 6.61 Å². The van der Waals surface area contributed by atoms with Gasteiger partial charge in [0.05, 0.1) is 25.9 Å². The van der Waals surface area contributed by atoms with Crippen molar-refractivity contribution in [3.8, 4) is 0 Å². The summed E-state index contributed by atoms with van der Waals surface area (Å²) < 4.78 is 41.1. The Morgan fingerprint density at radius 1 is 1.46 bits per heavy atom. The molecule has 0 spiro atoms. The fourth-order valence-corrected chi connectivity index (χ4v) is 1.36. The molecule has 1 aliphatic heterocycles. The lowest BCUT2D eigenvalue weighted by Gasteiger charge is -2.37. The Morgan fingerprint density at radius 3 is 2.69 bits per heavy atom. The van der Waals surface area contributed by atoms with Crippen molar-refractivity contribution in [3.05, 3.63) is 0 Å². The van der Waals surface area contributed by atoms with Crippen LogP contribution in [0.3, 0.4) is 0 Å². The quantitative estimate of drug-likeness (QED) is 0.651. The lowest BCUT2D eigenvalue weighted by Crippen LogP contribution is -2.52. The van der Waals surface area contributed by atoms with E-state index < -0.39 is 19.5 Å². The monoisotopic (exact) mass is 198 g/mol. The highest BCUT2D eigenvalue weighted by Crippen LogP contribution is 2.14. The molecular weight excluding hydrogens is 186 g/mol. The molecular formula is C6H12BF3NO2-. The van der Waals surface area contributed by atoms with Gasteiger partial charge in [-0.2, -0.15) is 0 Å². The molecule has 0 amide bonds. The summed E-state index contributed by atoms with van der Waals surface area (Å²) in [5, 5.41) is 8.78. The maximum absolute atomic E-state index is 12.0. The van der Waals surface area contributed by atoms with Gasteiger partial charge in [-0.3, -0.25) is 0 Å². The summed E-state index contributed by atoms with van der Waals surface area (Å²) in [6.45, 7) is -4.36. The van der Waals surface area contributed by atoms with E-state index in [1.165, 1.54) is 4.90 Å². The number of aliphatic hydroxyl groups excluding tert-OH is 1. The Morgan fingerprint density at radius 2 is 2.15 bits per heavy atom. The van der Waals surface area contributed by atoms with Crippen molar-refractivity contribution >= 4 is 6.98 Å². The van der Waals surface area contributed by atoms with Gasteiger partial charge < -0.3 is 27.7 Å². The highest BCUT2D eigenvalue weighted by Gasteiger charge is 2.31. The van der Waals surface area contributed by atoms with Crippen LogP contribution in [0.25, 0.3) is 0 Å². The number of hydrogen-bond acceptors (Lipinski definition) is 3. The zero-order chi connectivity index (χ0) is 9.90. The minimum atomic E-state index is -4.81. The Bertz CT molecular complexity index is 166. The fourth-order valence-electron chi connectivity index (χ4n) is 1.36. The van der Waals surface area contributed by atoms with E-state index in [-0.39, 0.29) is 19.8 Å². The fraction of sp³-hybridized carbons (Fsp3) is 1.00. The molecule has 3 nitrogen and oxygen atoms in total. The minimum Gasteiger partial charge on any atom is -0.448 e. The molecule has 0 radical (unpaired) electrons. The van der Waals surface area contributed by atoms with Crippen LogP contribution in [0.15, 0.2) is 0 Å². The van der Waals surface area contributed by atoms with Crippen LogP contribution in [-0.4, -0.2) is 55.8 Å². The first-order valence-electron chi connectivity index (χ1n) is 4.16. The number of ether oxygens (including phenoxy) is 1. The molecule has 0 aliphatic carbocycles. The summed E-state index contributed by atoms with van der Waals surface area (Å²) >= 11 is 0. The van der Waals surface area contributed by atoms with Gasteiger partial charge in [0, 0.05) is 6.54 Å². The molecule has 1 heterocycles. The summed E-state index contributed by atoms with van der Waals surface area (Å²) in [6.07, 6.45) is -0.908. The Kier molecular flexibility index (Phi) is 3.58. The molecule has 78 valence electrons. The van der Waals surface area contributed by atoms with E-state index in [9.17, 15) is 12.9 Å². The predicted octanol–water partition coefficient (Wildman–Crippen LogP) is 0.0661. The summed E-state index contributed by atoms with van der Waals surface area (Å²) in [6, 6.07) is -0.503. The van der Waals surface area contributed by atoms with Gasteiger partial charge in [0.1, 0.15) is 0 Å². The average molecular weight is 198 g/mol. The van der Waals surface area contributed by atoms with Gasteiger partial charge in [-0.1, -0.05) is 0 Å². The van der Waals surface area contributed by atoms with Crippen molar-refractivity contribution in [1.29, 1.82) is 0 Å². The zero-order valence-electron chi connectivity index (χ0n) is 7.13. The second-order valence-corrected chi connectivity index (χ2v) is 3.12. The molecule has 1 unspecified atom stereocenters. The number of hydrogen-bond donors (Lipinski definition) is 1. The Balaban J connectivity index is 2.45. The predicted molar refractivity (Wildman–Crippen MR) is 42.3 cm³/mol. The van der Waals surface area contributed by atoms with E-state index in [4.69, 9.17) is 9.84 Å². The SMILES string of the molecule is OCC1COCCN1C[B-](F)(F)F. The smallest absolute Gasteiger partial charge is 0.448 e. The summed E-state index contributed by atoms with van der Waals surface area (Å²) in [7, 11) is 0. The minimum absolute atomic E-state index is 0.183. The summed E-state index contributed by atoms with van der Waals surface area (Å²) in [5.41, 5.74) is 0. The molecule has 1 saturated heterocycles. The van der Waals surface area contributed by atoms with E-state index in [1.807, 2.05) is 0 Å². The molecule has 13 heavy (non-hydrogen) atoms. The first kappa shape index (κ1) is 10.8. The molecule has 1 N–H and O–H groups in total. The number of morpholine rings is 1. The van der Waals surface area contributed by atoms with E-state index >= 15 is 0 Å². The maximum Gasteiger partial charge on any atom is 0.492 e. The van der Waals surface area contributed by atoms with Crippen LogP contribution in [0, 0.1) is 0 Å². The number of aliphatic hydroxyl groups is 1. The summed E-state index contributed by atoms with van der Waals surface area (Å²) in [4.78, 5) is 1.23. The van der Waals surface area contributed by atoms with Crippen LogP contribution in [-0.2, 0) is 4.74 Å². The first-order valence-corrected chi connectivity index (χ1v) is 4.16. The van der Waals surface area contributed by atoms with Crippen LogP contribution in [0.2, 0.25) is 0 Å². The molecule has 0 bridgehead atoms. The van der Waals surface area contributed by atoms with Gasteiger partial charge in [-0.05, 0) is 6.44 Å². The second-order valence-electron chi connectivity index (χ2n) is 3.12. The van der Waals surface area contributed by atoms with Crippen molar-refractivity contribution in [1.82, 2.24) is 4.90 Å². The van der Waals surface area contributed by atoms with Crippen LogP contribution in [0.1, 0.15) is 0 Å². The third-order valence-electron chi connectivity index (χ3n) is 2.00. The molecule has 1 fully saturated rings. The van der Waals surface area contributed by atoms with E-state index in [2.05, 4.69) is 0 Å². The number of halogens is 3. The van der Waals surface area contributed by atoms with Crippen LogP contribution < -0.4 is 0 Å². The van der Waals surface area contributed by atoms with Crippen molar-refractivity contribution in [2.45, 2.75) is 6.04 Å². The van der Waals surface area contributed by atoms with E-state index in [1.54, 1.807) is 0 Å². The maximum atomic E-state index is 12.0. The lowest BCUT2D eigenvalue weighted by molar-refractivity contribution is -0.0225. The normalized spacial score (nSPS) is 26.3. The topological polar surface area (TPSA) is 32.7 Å². The van der Waals surface area contributed by atoms with Gasteiger partial charge in [0.2, 0.25) is 0 Å². The lowest BCUT2D eigenvalue weighted by atomic mass is 9.90. The standard InChI is InChI=1S/C6H12BF3NO2/c8-7(9,10)5-11-1-2-13-4-6(11)3-12/h6,12H,1-5H2/q-1. The highest BCUT2D eigenvalue weighted by atomic mass is 19.4. The molecule has 1 atom stereocenters. The third kappa shape index (κ3) is 3.54. The van der Waals surface area contributed by atoms with Crippen LogP contribution in [0.5, 0.6) is 0 Å². The largest absolute Gasteiger partial charge is 0.492 e. The van der Waals surface area contributed by atoms with Gasteiger partial charge in [0.15, 0.2) is 0 Å². The zero-order valence-corrected chi connectivity index (χ0v) is 7.13. The molecule has 0 saturated carbocycles. The summed E-state index contributed by atoms with van der Waals surface area (Å²) in [5.74, 6) is 0. The second kappa shape index (κ2) is 4.30. The van der Waals surface area contributed by atoms with Gasteiger partial charge >= 0.3 is 6.98 Å². The van der Waals surface area contributed by atoms with Gasteiger partial charge in [0.25, 0.3) is 0 Å². The van der Waals surface area contributed by atoms with Crippen LogP contribution >= 0.6 is 0 Å². The van der Waals surface area contributed by atoms with Crippen LogP contribution in [0.4, 0.5) is 12.9 Å². The molecule has 0 aromatic heterocycles. The average Bonchev–Trinajstić information content (AvgIpc) is 2.02. The molecule has 1 aliphatic rings. The van der Waals surface area contributed by atoms with Crippen molar-refractivity contribution in [2.24, 2.45) is 0 Å². The van der Waals surface area contributed by atoms with Gasteiger partial charge in [-0.15, -0.1) is 0 Å². The first-order chi connectivity index (χ1) is 6.03. The molecule has 0 aromatic carbocycles. The van der Waals surface area contributed by atoms with Crippen molar-refractivity contribution in [3.63, 3.8) is 0 Å². The van der Waals surface area contributed by atoms with Gasteiger partial charge in [-0.25, -0.2) is 0 Å². The Labute approximate surface area is 74.5 Å². The van der Waals surface area contributed by atoms with Crippen molar-refractivity contribution < 1.29 is 22.8 Å². The molecule has 7 heteroatoms. The Hall–Kier alpha value is -0.265. The number of rotatable bonds is 3. The van der Waals surface area contributed by atoms with E-state index in [0.717, 1.165) is 0 Å². The number of nitrogens with zero attached hydrogens (tertiary/aromatic N) is 1. The third-order valence-corrected chi connectivity index (χ3v) is 2.00.